The number of anilines is 2. The van der Waals surface area contributed by atoms with Crippen LogP contribution < -0.4 is 10.2 Å². The molecular formula is C9H16N4S. The lowest BCUT2D eigenvalue weighted by molar-refractivity contribution is 0.928. The van der Waals surface area contributed by atoms with E-state index in [-0.39, 0.29) is 0 Å². The summed E-state index contributed by atoms with van der Waals surface area (Å²) in [5, 5.41) is 3.16. The number of nitrogens with zero attached hydrogens (tertiary/aromatic N) is 3. The Balaban J connectivity index is 2.68. The van der Waals surface area contributed by atoms with Crippen molar-refractivity contribution in [2.75, 3.05) is 36.1 Å². The van der Waals surface area contributed by atoms with Crippen LogP contribution in [0.4, 0.5) is 11.6 Å². The van der Waals surface area contributed by atoms with Crippen LogP contribution in [0.25, 0.3) is 0 Å². The molecule has 14 heavy (non-hydrogen) atoms. The highest BCUT2D eigenvalue weighted by molar-refractivity contribution is 7.80. The molecule has 0 aliphatic heterocycles. The summed E-state index contributed by atoms with van der Waals surface area (Å²) in [6.07, 6.45) is 1.57. The molecule has 4 nitrogen and oxygen atoms in total. The van der Waals surface area contributed by atoms with Gasteiger partial charge in [0.15, 0.2) is 0 Å². The maximum absolute atomic E-state index is 4.17. The number of hydrogen-bond donors (Lipinski definition) is 2. The maximum atomic E-state index is 4.17. The molecule has 0 saturated heterocycles. The van der Waals surface area contributed by atoms with Crippen LogP contribution in [0.1, 0.15) is 6.92 Å². The van der Waals surface area contributed by atoms with Crippen molar-refractivity contribution in [2.45, 2.75) is 6.92 Å². The Morgan fingerprint density at radius 2 is 2.29 bits per heavy atom. The van der Waals surface area contributed by atoms with Gasteiger partial charge in [-0.2, -0.15) is 12.6 Å². The Morgan fingerprint density at radius 3 is 2.93 bits per heavy atom. The van der Waals surface area contributed by atoms with Crippen LogP contribution in [0.5, 0.6) is 0 Å². The molecule has 1 aromatic rings. The van der Waals surface area contributed by atoms with Crippen molar-refractivity contribution in [3.8, 4) is 0 Å². The fourth-order valence-electron chi connectivity index (χ4n) is 0.998. The van der Waals surface area contributed by atoms with Crippen molar-refractivity contribution in [3.05, 3.63) is 12.4 Å². The fraction of sp³-hybridized carbons (Fsp3) is 0.556. The third kappa shape index (κ3) is 3.06. The normalized spacial score (nSPS) is 9.93. The summed E-state index contributed by atoms with van der Waals surface area (Å²) in [7, 11) is 2.00. The summed E-state index contributed by atoms with van der Waals surface area (Å²) in [5.41, 5.74) is 0. The third-order valence-corrected chi connectivity index (χ3v) is 2.16. The van der Waals surface area contributed by atoms with Gasteiger partial charge in [-0.05, 0) is 6.92 Å². The van der Waals surface area contributed by atoms with E-state index < -0.39 is 0 Å². The summed E-state index contributed by atoms with van der Waals surface area (Å²) in [5.74, 6) is 2.58. The molecule has 0 spiro atoms. The molecule has 0 radical (unpaired) electrons. The number of nitrogens with one attached hydrogen (secondary N) is 1. The largest absolute Gasteiger partial charge is 0.369 e. The summed E-state index contributed by atoms with van der Waals surface area (Å²) in [6, 6.07) is 1.94. The van der Waals surface area contributed by atoms with Crippen molar-refractivity contribution in [1.29, 1.82) is 0 Å². The Morgan fingerprint density at radius 1 is 1.50 bits per heavy atom. The monoisotopic (exact) mass is 212 g/mol. The molecule has 0 amide bonds. The van der Waals surface area contributed by atoms with Gasteiger partial charge in [-0.15, -0.1) is 0 Å². The molecule has 0 aliphatic rings. The van der Waals surface area contributed by atoms with Gasteiger partial charge in [0.2, 0.25) is 0 Å². The van der Waals surface area contributed by atoms with E-state index >= 15 is 0 Å². The Bertz CT molecular complexity index is 279. The quantitative estimate of drug-likeness (QED) is 0.721. The topological polar surface area (TPSA) is 41.0 Å². The van der Waals surface area contributed by atoms with E-state index in [0.717, 1.165) is 30.5 Å². The van der Waals surface area contributed by atoms with Crippen LogP contribution >= 0.6 is 12.6 Å². The molecule has 1 aromatic heterocycles. The van der Waals surface area contributed by atoms with E-state index in [1.807, 2.05) is 13.1 Å². The van der Waals surface area contributed by atoms with Crippen molar-refractivity contribution >= 4 is 24.3 Å². The molecule has 78 valence electrons. The smallest absolute Gasteiger partial charge is 0.133 e. The SMILES string of the molecule is CCN(C)c1cc(NCCS)ncn1. The lowest BCUT2D eigenvalue weighted by Gasteiger charge is -2.15. The van der Waals surface area contributed by atoms with Crippen LogP contribution in [0.2, 0.25) is 0 Å². The van der Waals surface area contributed by atoms with E-state index in [4.69, 9.17) is 0 Å². The van der Waals surface area contributed by atoms with Gasteiger partial charge in [0.1, 0.15) is 18.0 Å². The highest BCUT2D eigenvalue weighted by Crippen LogP contribution is 2.11. The molecule has 0 aliphatic carbocycles. The number of aromatic nitrogens is 2. The average Bonchev–Trinajstić information content (AvgIpc) is 2.25. The van der Waals surface area contributed by atoms with Gasteiger partial charge in [-0.25, -0.2) is 9.97 Å². The first-order valence-corrected chi connectivity index (χ1v) is 5.29. The van der Waals surface area contributed by atoms with Crippen molar-refractivity contribution < 1.29 is 0 Å². The molecular weight excluding hydrogens is 196 g/mol. The Labute approximate surface area is 90.2 Å². The molecule has 1 heterocycles. The predicted octanol–water partition coefficient (Wildman–Crippen LogP) is 1.27. The number of thiol groups is 1. The van der Waals surface area contributed by atoms with Crippen LogP contribution in [-0.2, 0) is 0 Å². The van der Waals surface area contributed by atoms with E-state index in [1.54, 1.807) is 6.33 Å². The van der Waals surface area contributed by atoms with Crippen LogP contribution in [0.3, 0.4) is 0 Å². The molecule has 0 unspecified atom stereocenters. The fourth-order valence-corrected chi connectivity index (χ4v) is 1.11. The maximum Gasteiger partial charge on any atom is 0.133 e. The molecule has 0 saturated carbocycles. The first kappa shape index (κ1) is 11.1. The Hall–Kier alpha value is -0.970. The van der Waals surface area contributed by atoms with E-state index in [2.05, 4.69) is 39.7 Å². The van der Waals surface area contributed by atoms with E-state index in [0.29, 0.717) is 0 Å². The average molecular weight is 212 g/mol. The predicted molar refractivity (Wildman–Crippen MR) is 63.3 cm³/mol. The summed E-state index contributed by atoms with van der Waals surface area (Å²) >= 11 is 4.12. The van der Waals surface area contributed by atoms with E-state index in [9.17, 15) is 0 Å². The van der Waals surface area contributed by atoms with Crippen LogP contribution in [0.15, 0.2) is 12.4 Å². The van der Waals surface area contributed by atoms with Gasteiger partial charge in [0, 0.05) is 32.0 Å². The minimum Gasteiger partial charge on any atom is -0.369 e. The zero-order valence-electron chi connectivity index (χ0n) is 8.56. The van der Waals surface area contributed by atoms with Crippen molar-refractivity contribution in [3.63, 3.8) is 0 Å². The zero-order chi connectivity index (χ0) is 10.4. The lowest BCUT2D eigenvalue weighted by atomic mass is 10.4. The molecule has 5 heteroatoms. The summed E-state index contributed by atoms with van der Waals surface area (Å²) in [6.45, 7) is 3.83. The lowest BCUT2D eigenvalue weighted by Crippen LogP contribution is -2.17. The van der Waals surface area contributed by atoms with Gasteiger partial charge in [0.25, 0.3) is 0 Å². The second-order valence-electron chi connectivity index (χ2n) is 2.93. The van der Waals surface area contributed by atoms with Crippen LogP contribution in [0, 0.1) is 0 Å². The first-order valence-electron chi connectivity index (χ1n) is 4.65. The standard InChI is InChI=1S/C9H16N4S/c1-3-13(2)9-6-8(10-4-5-14)11-7-12-9/h6-7,14H,3-5H2,1-2H3,(H,10,11,12). The Kier molecular flexibility index (Phi) is 4.52. The van der Waals surface area contributed by atoms with Crippen LogP contribution in [-0.4, -0.2) is 35.9 Å². The molecule has 0 fully saturated rings. The molecule has 0 atom stereocenters. The van der Waals surface area contributed by atoms with Crippen molar-refractivity contribution in [2.24, 2.45) is 0 Å². The summed E-state index contributed by atoms with van der Waals surface area (Å²) in [4.78, 5) is 10.3. The minimum absolute atomic E-state index is 0.795. The van der Waals surface area contributed by atoms with Gasteiger partial charge >= 0.3 is 0 Å². The highest BCUT2D eigenvalue weighted by atomic mass is 32.1. The van der Waals surface area contributed by atoms with E-state index in [1.165, 1.54) is 0 Å². The summed E-state index contributed by atoms with van der Waals surface area (Å²) < 4.78 is 0. The minimum atomic E-state index is 0.795. The first-order chi connectivity index (χ1) is 6.77. The second-order valence-corrected chi connectivity index (χ2v) is 3.37. The molecule has 1 rings (SSSR count). The second kappa shape index (κ2) is 5.70. The molecule has 0 bridgehead atoms. The number of hydrogen-bond acceptors (Lipinski definition) is 5. The highest BCUT2D eigenvalue weighted by Gasteiger charge is 2.01. The van der Waals surface area contributed by atoms with Crippen molar-refractivity contribution in [1.82, 2.24) is 9.97 Å². The molecule has 1 N–H and O–H groups in total. The van der Waals surface area contributed by atoms with Gasteiger partial charge in [-0.1, -0.05) is 0 Å². The third-order valence-electron chi connectivity index (χ3n) is 1.94. The zero-order valence-corrected chi connectivity index (χ0v) is 9.46. The van der Waals surface area contributed by atoms with Gasteiger partial charge in [0.05, 0.1) is 0 Å². The number of rotatable bonds is 5. The van der Waals surface area contributed by atoms with Gasteiger partial charge < -0.3 is 10.2 Å². The molecule has 0 aromatic carbocycles. The van der Waals surface area contributed by atoms with Gasteiger partial charge in [-0.3, -0.25) is 0 Å².